The van der Waals surface area contributed by atoms with Crippen molar-refractivity contribution >= 4 is 46.3 Å². The highest BCUT2D eigenvalue weighted by molar-refractivity contribution is 6.52. The van der Waals surface area contributed by atoms with Gasteiger partial charge in [-0.25, -0.2) is 0 Å². The largest absolute Gasteiger partial charge is 0.507 e. The first-order valence-corrected chi connectivity index (χ1v) is 11.7. The Labute approximate surface area is 207 Å². The molecule has 0 radical (unpaired) electrons. The predicted octanol–water partition coefficient (Wildman–Crippen LogP) is 6.25. The van der Waals surface area contributed by atoms with Gasteiger partial charge in [0.1, 0.15) is 11.5 Å². The van der Waals surface area contributed by atoms with Gasteiger partial charge in [0.05, 0.1) is 18.2 Å². The third kappa shape index (κ3) is 3.85. The number of ketones is 1. The van der Waals surface area contributed by atoms with E-state index in [1.807, 2.05) is 37.3 Å². The molecule has 0 saturated carbocycles. The lowest BCUT2D eigenvalue weighted by molar-refractivity contribution is -0.132. The van der Waals surface area contributed by atoms with Crippen molar-refractivity contribution in [2.75, 3.05) is 11.5 Å². The fourth-order valence-electron chi connectivity index (χ4n) is 4.63. The van der Waals surface area contributed by atoms with E-state index in [1.165, 1.54) is 4.90 Å². The smallest absolute Gasteiger partial charge is 0.300 e. The summed E-state index contributed by atoms with van der Waals surface area (Å²) in [5.74, 6) is -0.979. The molecule has 1 unspecified atom stereocenters. The number of fused-ring (bicyclic) bond motifs is 1. The summed E-state index contributed by atoms with van der Waals surface area (Å²) in [5.41, 5.74) is 3.42. The number of aliphatic hydroxyl groups excluding tert-OH is 1. The number of halogens is 2. The predicted molar refractivity (Wildman–Crippen MR) is 133 cm³/mol. The summed E-state index contributed by atoms with van der Waals surface area (Å²) < 4.78 is 5.67. The maximum absolute atomic E-state index is 13.4. The zero-order valence-electron chi connectivity index (χ0n) is 18.3. The third-order valence-electron chi connectivity index (χ3n) is 6.23. The van der Waals surface area contributed by atoms with Crippen molar-refractivity contribution in [3.63, 3.8) is 0 Å². The first-order chi connectivity index (χ1) is 16.3. The number of hydrogen-bond donors (Lipinski definition) is 1. The number of hydrogen-bond acceptors (Lipinski definition) is 4. The third-order valence-corrected chi connectivity index (χ3v) is 6.67. The number of rotatable bonds is 3. The second-order valence-electron chi connectivity index (χ2n) is 8.43. The Morgan fingerprint density at radius 2 is 1.76 bits per heavy atom. The molecule has 2 aliphatic heterocycles. The molecule has 3 aromatic rings. The molecule has 1 saturated heterocycles. The first kappa shape index (κ1) is 22.5. The summed E-state index contributed by atoms with van der Waals surface area (Å²) in [6.07, 6.45) is 1.69. The first-order valence-electron chi connectivity index (χ1n) is 10.9. The van der Waals surface area contributed by atoms with Crippen LogP contribution in [-0.4, -0.2) is 23.4 Å². The lowest BCUT2D eigenvalue weighted by Gasteiger charge is -2.27. The maximum Gasteiger partial charge on any atom is 0.300 e. The highest BCUT2D eigenvalue weighted by Gasteiger charge is 2.47. The number of nitrogens with zero attached hydrogens (tertiary/aromatic N) is 1. The van der Waals surface area contributed by atoms with E-state index in [4.69, 9.17) is 27.9 Å². The second kappa shape index (κ2) is 8.82. The Hall–Kier alpha value is -3.28. The van der Waals surface area contributed by atoms with Gasteiger partial charge in [-0.05, 0) is 72.9 Å². The molecular weight excluding hydrogens is 473 g/mol. The Kier molecular flexibility index (Phi) is 5.84. The minimum Gasteiger partial charge on any atom is -0.507 e. The summed E-state index contributed by atoms with van der Waals surface area (Å²) in [7, 11) is 0. The van der Waals surface area contributed by atoms with E-state index in [1.54, 1.807) is 30.3 Å². The minimum absolute atomic E-state index is 0.0204. The van der Waals surface area contributed by atoms with Gasteiger partial charge in [-0.1, -0.05) is 47.5 Å². The van der Waals surface area contributed by atoms with E-state index in [9.17, 15) is 14.7 Å². The van der Waals surface area contributed by atoms with Crippen LogP contribution < -0.4 is 9.64 Å². The molecule has 1 atom stereocenters. The van der Waals surface area contributed by atoms with Crippen LogP contribution in [0.25, 0.3) is 5.76 Å². The fraction of sp³-hybridized carbons (Fsp3) is 0.185. The molecular formula is C27H21Cl2NO4. The molecule has 34 heavy (non-hydrogen) atoms. The molecule has 0 spiro atoms. The maximum atomic E-state index is 13.4. The van der Waals surface area contributed by atoms with E-state index in [2.05, 4.69) is 0 Å². The van der Waals surface area contributed by atoms with Gasteiger partial charge >= 0.3 is 0 Å². The van der Waals surface area contributed by atoms with Gasteiger partial charge < -0.3 is 9.84 Å². The van der Waals surface area contributed by atoms with Crippen molar-refractivity contribution in [3.05, 3.63) is 98.5 Å². The minimum atomic E-state index is -0.844. The molecule has 5 nitrogen and oxygen atoms in total. The molecule has 5 rings (SSSR count). The zero-order valence-corrected chi connectivity index (χ0v) is 19.9. The number of amides is 1. The quantitative estimate of drug-likeness (QED) is 0.266. The van der Waals surface area contributed by atoms with E-state index in [0.29, 0.717) is 27.9 Å². The molecule has 0 aliphatic carbocycles. The van der Waals surface area contributed by atoms with Gasteiger partial charge in [0.25, 0.3) is 11.7 Å². The number of ether oxygens (including phenoxy) is 1. The van der Waals surface area contributed by atoms with Crippen molar-refractivity contribution in [3.8, 4) is 5.75 Å². The molecule has 7 heteroatoms. The van der Waals surface area contributed by atoms with Gasteiger partial charge in [0.2, 0.25) is 0 Å². The molecule has 3 aromatic carbocycles. The number of anilines is 1. The Morgan fingerprint density at radius 3 is 2.50 bits per heavy atom. The summed E-state index contributed by atoms with van der Waals surface area (Å²) in [6, 6.07) is 16.7. The lowest BCUT2D eigenvalue weighted by atomic mass is 9.91. The Bertz CT molecular complexity index is 1340. The van der Waals surface area contributed by atoms with Crippen molar-refractivity contribution in [2.45, 2.75) is 25.8 Å². The number of Topliss-reactive ketones (excluding diaryl/α,β-unsaturated/α-hetero) is 1. The van der Waals surface area contributed by atoms with Crippen LogP contribution in [0.2, 0.25) is 10.0 Å². The summed E-state index contributed by atoms with van der Waals surface area (Å²) in [4.78, 5) is 28.0. The van der Waals surface area contributed by atoms with Crippen LogP contribution in [0, 0.1) is 6.92 Å². The lowest BCUT2D eigenvalue weighted by Crippen LogP contribution is -2.29. The Balaban J connectivity index is 1.73. The number of aryl methyl sites for hydroxylation is 2. The number of carbonyl (C=O) groups excluding carboxylic acids is 2. The van der Waals surface area contributed by atoms with Crippen LogP contribution in [-0.2, 0) is 16.0 Å². The molecule has 1 fully saturated rings. The average Bonchev–Trinajstić information content (AvgIpc) is 3.08. The van der Waals surface area contributed by atoms with Crippen LogP contribution in [0.4, 0.5) is 5.69 Å². The van der Waals surface area contributed by atoms with E-state index in [-0.39, 0.29) is 11.3 Å². The number of benzene rings is 3. The highest BCUT2D eigenvalue weighted by Crippen LogP contribution is 2.44. The molecule has 2 aliphatic rings. The van der Waals surface area contributed by atoms with Crippen LogP contribution in [0.5, 0.6) is 5.75 Å². The fourth-order valence-corrected chi connectivity index (χ4v) is 5.14. The average molecular weight is 494 g/mol. The van der Waals surface area contributed by atoms with Crippen LogP contribution >= 0.6 is 23.2 Å². The molecule has 1 amide bonds. The van der Waals surface area contributed by atoms with Gasteiger partial charge in [-0.15, -0.1) is 0 Å². The molecule has 2 heterocycles. The van der Waals surface area contributed by atoms with E-state index in [0.717, 1.165) is 35.3 Å². The normalized spacial score (nSPS) is 19.1. The number of aliphatic hydroxyl groups is 1. The van der Waals surface area contributed by atoms with E-state index < -0.39 is 17.7 Å². The van der Waals surface area contributed by atoms with Gasteiger partial charge in [0.15, 0.2) is 0 Å². The van der Waals surface area contributed by atoms with Gasteiger partial charge in [-0.3, -0.25) is 14.5 Å². The molecule has 0 aromatic heterocycles. The van der Waals surface area contributed by atoms with Crippen LogP contribution in [0.15, 0.2) is 66.2 Å². The standard InChI is InChI=1S/C27H21Cl2NO4/c1-15-5-2-3-7-21(15)24-23(25(31)17-8-9-22-16(11-17)6-4-10-34-22)26(32)27(33)30(24)20-13-18(28)12-19(29)14-20/h2-3,5,7-9,11-14,24,31H,4,6,10H2,1H3/b25-23+. The van der Waals surface area contributed by atoms with Crippen LogP contribution in [0.1, 0.15) is 34.7 Å². The van der Waals surface area contributed by atoms with Crippen molar-refractivity contribution in [1.82, 2.24) is 0 Å². The van der Waals surface area contributed by atoms with Crippen molar-refractivity contribution in [1.29, 1.82) is 0 Å². The van der Waals surface area contributed by atoms with Gasteiger partial charge in [-0.2, -0.15) is 0 Å². The Morgan fingerprint density at radius 1 is 1.03 bits per heavy atom. The van der Waals surface area contributed by atoms with Crippen LogP contribution in [0.3, 0.4) is 0 Å². The SMILES string of the molecule is Cc1ccccc1C1/C(=C(\O)c2ccc3c(c2)CCCO3)C(=O)C(=O)N1c1cc(Cl)cc(Cl)c1. The monoisotopic (exact) mass is 493 g/mol. The summed E-state index contributed by atoms with van der Waals surface area (Å²) in [5, 5.41) is 12.1. The van der Waals surface area contributed by atoms with Crippen molar-refractivity contribution < 1.29 is 19.4 Å². The topological polar surface area (TPSA) is 66.8 Å². The number of carbonyl (C=O) groups is 2. The molecule has 0 bridgehead atoms. The highest BCUT2D eigenvalue weighted by atomic mass is 35.5. The van der Waals surface area contributed by atoms with Crippen molar-refractivity contribution in [2.24, 2.45) is 0 Å². The molecule has 1 N–H and O–H groups in total. The van der Waals surface area contributed by atoms with E-state index >= 15 is 0 Å². The zero-order chi connectivity index (χ0) is 24.0. The van der Waals surface area contributed by atoms with Gasteiger partial charge in [0, 0.05) is 21.3 Å². The molecule has 172 valence electrons. The summed E-state index contributed by atoms with van der Waals surface area (Å²) >= 11 is 12.4. The summed E-state index contributed by atoms with van der Waals surface area (Å²) in [6.45, 7) is 2.55. The second-order valence-corrected chi connectivity index (χ2v) is 9.30.